The molecule has 9 heterocycles. The third-order valence-electron chi connectivity index (χ3n) is 19.8. The monoisotopic (exact) mass is 1700 g/mol. The van der Waals surface area contributed by atoms with Crippen LogP contribution >= 0.6 is 68.4 Å². The number of thiazole rings is 5. The molecule has 10 rings (SSSR count). The molecule has 18 N–H and O–H groups in total. The molecular formula is C73H90N18O18S6. The SMILES string of the molecule is C=C1NC(=O)[C@H](C)NC(=O)[C@H]([C@@H](C)CC)N[C@@H]2C=Cc3c([C@H](C)O)cc(nc3[C@H]2O)C(=O)O[C@H](C)[C@@H]2NC(=O)c3csc(n3)[C@H]([C@](C)(O)[C@@H](C)O)NC(=O)c3csc(n3)/C(=C/C)NC(=O)[C@H]([C@@H](C)O)NC(=O)c3csc(n3)[C@]3(CCC(c4nc(C(=O)NC(CSCCCCO)C(N)=O)cs4)=N[C@@H]3c3csc2n3)NC(=O)[C@H](C)NC1=O. The molecule has 616 valence electrons. The molecule has 3 aliphatic heterocycles. The molecule has 6 aromatic rings. The number of aliphatic hydroxyl groups excluding tert-OH is 5. The summed E-state index contributed by atoms with van der Waals surface area (Å²) in [4.78, 5) is 192. The number of thioether (sulfide) groups is 1. The number of primary amides is 1. The Morgan fingerprint density at radius 1 is 0.765 bits per heavy atom. The van der Waals surface area contributed by atoms with Crippen LogP contribution in [-0.4, -0.2) is 210 Å². The Balaban J connectivity index is 1.17. The number of hydrogen-bond donors (Lipinski definition) is 17. The fraction of sp³-hybridized carbons (Fsp3) is 0.479. The Labute approximate surface area is 683 Å². The zero-order valence-corrected chi connectivity index (χ0v) is 68.9. The van der Waals surface area contributed by atoms with Crippen molar-refractivity contribution in [3.8, 4) is 0 Å². The smallest absolute Gasteiger partial charge is 0.357 e. The van der Waals surface area contributed by atoms with Crippen LogP contribution in [0.1, 0.15) is 232 Å². The number of unbranched alkanes of at least 4 members (excludes halogenated alkanes) is 1. The average Bonchev–Trinajstić information content (AvgIpc) is 1.66. The number of rotatable bonds is 16. The maximum atomic E-state index is 15.4. The van der Waals surface area contributed by atoms with E-state index in [1.807, 2.05) is 6.92 Å². The van der Waals surface area contributed by atoms with Gasteiger partial charge in [-0.25, -0.2) is 34.7 Å². The molecule has 115 heavy (non-hydrogen) atoms. The number of allylic oxidation sites excluding steroid dienone is 1. The summed E-state index contributed by atoms with van der Waals surface area (Å²) in [6.45, 7) is 18.0. The van der Waals surface area contributed by atoms with Crippen molar-refractivity contribution >= 4 is 151 Å². The summed E-state index contributed by atoms with van der Waals surface area (Å²) >= 11 is 5.71. The molecule has 1 unspecified atom stereocenters. The Morgan fingerprint density at radius 3 is 2.12 bits per heavy atom. The molecule has 10 amide bonds. The highest BCUT2D eigenvalue weighted by molar-refractivity contribution is 7.99. The summed E-state index contributed by atoms with van der Waals surface area (Å²) in [5.41, 5.74) is -0.228. The van der Waals surface area contributed by atoms with Crippen molar-refractivity contribution in [2.24, 2.45) is 16.6 Å². The topological polar surface area (TPSA) is 554 Å². The number of aliphatic imine (C=N–C) groups is 1. The number of amides is 10. The second-order valence-corrected chi connectivity index (χ2v) is 33.7. The number of aromatic nitrogens is 6. The van der Waals surface area contributed by atoms with E-state index in [-0.39, 0.29) is 107 Å². The van der Waals surface area contributed by atoms with Gasteiger partial charge >= 0.3 is 5.97 Å². The van der Waals surface area contributed by atoms with Gasteiger partial charge < -0.3 is 89.0 Å². The second kappa shape index (κ2) is 37.6. The lowest BCUT2D eigenvalue weighted by atomic mass is 9.80. The first kappa shape index (κ1) is 87.8. The first-order valence-corrected chi connectivity index (χ1v) is 42.2. The zero-order valence-electron chi connectivity index (χ0n) is 64.0. The molecule has 1 aliphatic carbocycles. The highest BCUT2D eigenvalue weighted by Gasteiger charge is 2.51. The highest BCUT2D eigenvalue weighted by atomic mass is 32.2. The molecule has 17 atom stereocenters. The number of carbonyl (C=O) groups excluding carboxylic acids is 11. The van der Waals surface area contributed by atoms with Gasteiger partial charge in [-0.3, -0.25) is 58.3 Å². The number of pyridine rings is 1. The van der Waals surface area contributed by atoms with Crippen LogP contribution in [0.2, 0.25) is 0 Å². The van der Waals surface area contributed by atoms with Gasteiger partial charge in [0.2, 0.25) is 29.5 Å². The van der Waals surface area contributed by atoms with E-state index in [1.165, 1.54) is 106 Å². The predicted octanol–water partition coefficient (Wildman–Crippen LogP) is 2.22. The van der Waals surface area contributed by atoms with Gasteiger partial charge in [-0.2, -0.15) is 11.8 Å². The largest absolute Gasteiger partial charge is 0.455 e. The average molecular weight is 1700 g/mol. The number of aliphatic hydroxyl groups is 6. The van der Waals surface area contributed by atoms with E-state index < -0.39 is 178 Å². The number of cyclic esters (lactones) is 1. The van der Waals surface area contributed by atoms with Gasteiger partial charge in [-0.1, -0.05) is 45.1 Å². The summed E-state index contributed by atoms with van der Waals surface area (Å²) < 4.78 is 6.28. The summed E-state index contributed by atoms with van der Waals surface area (Å²) in [5.74, 6) is -10.1. The molecule has 0 radical (unpaired) electrons. The van der Waals surface area contributed by atoms with Crippen LogP contribution in [-0.2, 0) is 39.0 Å². The maximum Gasteiger partial charge on any atom is 0.357 e. The molecule has 0 saturated carbocycles. The molecule has 13 bridgehead atoms. The van der Waals surface area contributed by atoms with E-state index in [9.17, 15) is 69.0 Å². The van der Waals surface area contributed by atoms with Crippen molar-refractivity contribution < 1.29 is 88.1 Å². The molecular weight excluding hydrogens is 1610 g/mol. The van der Waals surface area contributed by atoms with E-state index in [0.29, 0.717) is 25.0 Å². The van der Waals surface area contributed by atoms with Crippen LogP contribution in [0.5, 0.6) is 0 Å². The zero-order chi connectivity index (χ0) is 83.8. The molecule has 0 aromatic carbocycles. The van der Waals surface area contributed by atoms with Gasteiger partial charge in [-0.15, -0.1) is 56.7 Å². The van der Waals surface area contributed by atoms with Crippen LogP contribution in [0.4, 0.5) is 0 Å². The van der Waals surface area contributed by atoms with E-state index in [1.54, 1.807) is 19.1 Å². The van der Waals surface area contributed by atoms with Gasteiger partial charge in [0, 0.05) is 44.8 Å². The second-order valence-electron chi connectivity index (χ2n) is 28.2. The summed E-state index contributed by atoms with van der Waals surface area (Å²) in [6.07, 6.45) is -1.94. The van der Waals surface area contributed by atoms with E-state index >= 15 is 14.4 Å². The lowest BCUT2D eigenvalue weighted by Gasteiger charge is -2.41. The lowest BCUT2D eigenvalue weighted by Crippen LogP contribution is -2.57. The number of carbonyl (C=O) groups is 11. The van der Waals surface area contributed by atoms with E-state index in [4.69, 9.17) is 25.4 Å². The maximum absolute atomic E-state index is 15.4. The molecule has 0 spiro atoms. The quantitative estimate of drug-likeness (QED) is 0.0375. The van der Waals surface area contributed by atoms with Crippen LogP contribution in [0.3, 0.4) is 0 Å². The summed E-state index contributed by atoms with van der Waals surface area (Å²) in [7, 11) is 0. The van der Waals surface area contributed by atoms with Gasteiger partial charge in [0.25, 0.3) is 29.5 Å². The molecule has 4 aliphatic rings. The Hall–Kier alpha value is -9.57. The molecule has 0 fully saturated rings. The minimum atomic E-state index is -2.23. The Morgan fingerprint density at radius 2 is 1.43 bits per heavy atom. The van der Waals surface area contributed by atoms with Crippen LogP contribution in [0.15, 0.2) is 62.4 Å². The van der Waals surface area contributed by atoms with Crippen molar-refractivity contribution in [2.45, 2.75) is 197 Å². The van der Waals surface area contributed by atoms with E-state index in [2.05, 4.69) is 79.7 Å². The minimum Gasteiger partial charge on any atom is -0.455 e. The number of nitrogens with one attached hydrogen (secondary N) is 10. The standard InChI is InChI=1S/C73H90N18O18S6/c1-12-29(3)49-64(105)77-31(5)58(99)75-30(4)57(98)76-32(6)59(100)91-73-19-18-41(67-85-45(25-112-67)60(101)82-44(56(74)97)23-110-21-15-14-20-92)80-54(73)43-24-113-68(83-43)51(35(9)109-70(107)42-22-38(33(7)93)37-16-17-40(78-49)53(96)52(37)79-42)89-61(102)46-27-114-69(86-46)55(72(11,108)36(10)95)90-63(104)47-26-111-66(84-47)39(13-2)81-65(106)50(34(8)94)88-62(103)48-28-115-71(73)87-48/h13,16-17,22,24-29,31-36,40,44,49-51,53-55,78,92-96,108H,4,12,14-15,18-21,23H2,1-3,5-11H3,(H2,74,97)(H,75,99)(H,76,98)(H,77,105)(H,81,106)(H,82,101)(H,88,103)(H,89,102)(H,90,104)(H,91,100)/b39-13-/t29-,31-,32-,33-,34+,35+,36+,40+,44?,49-,50-,51-,53-,54+,55+,72+,73+/m0/s1. The summed E-state index contributed by atoms with van der Waals surface area (Å²) in [6, 6.07) is -11.4. The third kappa shape index (κ3) is 19.9. The van der Waals surface area contributed by atoms with Crippen LogP contribution < -0.4 is 58.9 Å². The van der Waals surface area contributed by atoms with Crippen molar-refractivity contribution in [1.29, 1.82) is 0 Å². The predicted molar refractivity (Wildman–Crippen MR) is 427 cm³/mol. The fourth-order valence-corrected chi connectivity index (χ4v) is 18.2. The molecule has 36 nitrogen and oxygen atoms in total. The molecule has 0 saturated heterocycles. The summed E-state index contributed by atoms with van der Waals surface area (Å²) in [5, 5.41) is 101. The Bertz CT molecular complexity index is 4820. The number of nitrogens with two attached hydrogens (primary N) is 1. The van der Waals surface area contributed by atoms with Gasteiger partial charge in [0.15, 0.2) is 0 Å². The van der Waals surface area contributed by atoms with Crippen molar-refractivity contribution in [3.63, 3.8) is 0 Å². The van der Waals surface area contributed by atoms with Crippen molar-refractivity contribution in [2.75, 3.05) is 18.1 Å². The number of hydrogen-bond acceptors (Lipinski definition) is 32. The lowest BCUT2D eigenvalue weighted by molar-refractivity contribution is -0.131. The molecule has 42 heteroatoms. The first-order valence-electron chi connectivity index (χ1n) is 36.6. The number of nitrogens with zero attached hydrogens (tertiary/aromatic N) is 7. The van der Waals surface area contributed by atoms with Gasteiger partial charge in [0.1, 0.15) is 119 Å². The number of esters is 1. The van der Waals surface area contributed by atoms with Crippen LogP contribution in [0.25, 0.3) is 11.8 Å². The minimum absolute atomic E-state index is 0.0207. The van der Waals surface area contributed by atoms with E-state index in [0.717, 1.165) is 56.7 Å². The number of ether oxygens (including phenoxy) is 1. The Kier molecular flexibility index (Phi) is 28.7. The highest BCUT2D eigenvalue weighted by Crippen LogP contribution is 2.48. The van der Waals surface area contributed by atoms with Gasteiger partial charge in [-0.05, 0) is 104 Å². The molecule has 6 aromatic heterocycles. The third-order valence-corrected chi connectivity index (χ3v) is 25.6. The van der Waals surface area contributed by atoms with Gasteiger partial charge in [0.05, 0.1) is 58.9 Å². The van der Waals surface area contributed by atoms with Crippen LogP contribution in [0, 0.1) is 5.92 Å². The normalized spacial score (nSPS) is 25.9. The number of fused-ring (bicyclic) bond motifs is 8. The first-order chi connectivity index (χ1) is 54.5. The van der Waals surface area contributed by atoms with Crippen molar-refractivity contribution in [3.05, 3.63) is 133 Å². The fourth-order valence-electron chi connectivity index (χ4n) is 12.6. The van der Waals surface area contributed by atoms with Crippen molar-refractivity contribution in [1.82, 2.24) is 83.1 Å².